The molecule has 1 heterocycles. The van der Waals surface area contributed by atoms with Gasteiger partial charge in [0, 0.05) is 17.1 Å². The first kappa shape index (κ1) is 17.9. The summed E-state index contributed by atoms with van der Waals surface area (Å²) < 4.78 is 0. The van der Waals surface area contributed by atoms with Crippen molar-refractivity contribution in [1.29, 1.82) is 0 Å². The topological polar surface area (TPSA) is 66.9 Å². The molecule has 0 spiro atoms. The van der Waals surface area contributed by atoms with E-state index in [0.717, 1.165) is 10.6 Å². The normalized spacial score (nSPS) is 10.5. The number of carbonyl (C=O) groups is 1. The van der Waals surface area contributed by atoms with Gasteiger partial charge in [0.1, 0.15) is 5.01 Å². The maximum atomic E-state index is 12.0. The van der Waals surface area contributed by atoms with Crippen LogP contribution in [0.15, 0.2) is 42.5 Å². The molecule has 25 heavy (non-hydrogen) atoms. The summed E-state index contributed by atoms with van der Waals surface area (Å²) in [5.41, 5.74) is 1.59. The van der Waals surface area contributed by atoms with E-state index in [1.165, 1.54) is 11.3 Å². The lowest BCUT2D eigenvalue weighted by atomic mass is 10.2. The third-order valence-electron chi connectivity index (χ3n) is 3.13. The van der Waals surface area contributed by atoms with Crippen LogP contribution in [0, 0.1) is 0 Å². The maximum absolute atomic E-state index is 12.0. The quantitative estimate of drug-likeness (QED) is 0.573. The lowest BCUT2D eigenvalue weighted by Gasteiger charge is -2.04. The Bertz CT molecular complexity index is 899. The van der Waals surface area contributed by atoms with Crippen LogP contribution in [-0.4, -0.2) is 16.2 Å². The molecule has 0 saturated carbocycles. The molecule has 0 radical (unpaired) electrons. The highest BCUT2D eigenvalue weighted by molar-refractivity contribution is 7.15. The van der Waals surface area contributed by atoms with Gasteiger partial charge in [0.25, 0.3) is 0 Å². The van der Waals surface area contributed by atoms with Crippen LogP contribution in [0.5, 0.6) is 0 Å². The number of nitrogens with zero attached hydrogens (tertiary/aromatic N) is 2. The molecular weight excluding hydrogens is 403 g/mol. The van der Waals surface area contributed by atoms with Gasteiger partial charge in [-0.05, 0) is 42.0 Å². The van der Waals surface area contributed by atoms with Crippen LogP contribution in [0.25, 0.3) is 0 Å². The highest BCUT2D eigenvalue weighted by Gasteiger charge is 2.10. The summed E-state index contributed by atoms with van der Waals surface area (Å²) in [5.74, 6) is 0. The number of hydrogen-bond acceptors (Lipinski definition) is 4. The van der Waals surface area contributed by atoms with Crippen LogP contribution in [-0.2, 0) is 6.42 Å². The molecule has 0 aliphatic heterocycles. The van der Waals surface area contributed by atoms with E-state index >= 15 is 0 Å². The van der Waals surface area contributed by atoms with Crippen molar-refractivity contribution in [2.24, 2.45) is 0 Å². The van der Waals surface area contributed by atoms with Gasteiger partial charge in [0.05, 0.1) is 10.0 Å². The van der Waals surface area contributed by atoms with Gasteiger partial charge >= 0.3 is 6.03 Å². The Balaban J connectivity index is 1.60. The van der Waals surface area contributed by atoms with Crippen LogP contribution >= 0.6 is 46.1 Å². The highest BCUT2D eigenvalue weighted by atomic mass is 35.5. The fourth-order valence-corrected chi connectivity index (χ4v) is 3.21. The Morgan fingerprint density at radius 3 is 2.44 bits per heavy atom. The smallest absolute Gasteiger partial charge is 0.308 e. The number of carbonyl (C=O) groups excluding carboxylic acids is 1. The first-order valence-electron chi connectivity index (χ1n) is 7.09. The predicted molar refractivity (Wildman–Crippen MR) is 103 cm³/mol. The van der Waals surface area contributed by atoms with E-state index in [1.54, 1.807) is 36.4 Å². The molecule has 0 unspecified atom stereocenters. The Morgan fingerprint density at radius 1 is 0.960 bits per heavy atom. The summed E-state index contributed by atoms with van der Waals surface area (Å²) in [7, 11) is 0. The SMILES string of the molecule is O=C(Nc1ccc(Cl)cc1)Nc1nnc(Cc2ccc(Cl)c(Cl)c2)s1. The minimum absolute atomic E-state index is 0.403. The van der Waals surface area contributed by atoms with E-state index in [2.05, 4.69) is 20.8 Å². The second-order valence-electron chi connectivity index (χ2n) is 5.01. The molecule has 0 atom stereocenters. The number of aromatic nitrogens is 2. The summed E-state index contributed by atoms with van der Waals surface area (Å²) in [6.07, 6.45) is 0.551. The zero-order chi connectivity index (χ0) is 17.8. The lowest BCUT2D eigenvalue weighted by Crippen LogP contribution is -2.19. The van der Waals surface area contributed by atoms with Crippen molar-refractivity contribution in [3.05, 3.63) is 68.1 Å². The number of urea groups is 1. The molecule has 2 N–H and O–H groups in total. The highest BCUT2D eigenvalue weighted by Crippen LogP contribution is 2.25. The molecular formula is C16H11Cl3N4OS. The van der Waals surface area contributed by atoms with Gasteiger partial charge in [-0.2, -0.15) is 0 Å². The molecule has 0 bridgehead atoms. The molecule has 1 aromatic heterocycles. The number of rotatable bonds is 4. The third kappa shape index (κ3) is 5.06. The predicted octanol–water partition coefficient (Wildman–Crippen LogP) is 5.73. The zero-order valence-corrected chi connectivity index (χ0v) is 15.7. The molecule has 3 aromatic rings. The first-order valence-corrected chi connectivity index (χ1v) is 9.04. The van der Waals surface area contributed by atoms with Crippen LogP contribution in [0.2, 0.25) is 15.1 Å². The Kier molecular flexibility index (Phi) is 5.75. The van der Waals surface area contributed by atoms with Crippen molar-refractivity contribution >= 4 is 63.0 Å². The summed E-state index contributed by atoms with van der Waals surface area (Å²) in [5, 5.41) is 16.1. The van der Waals surface area contributed by atoms with E-state index in [0.29, 0.717) is 32.3 Å². The number of hydrogen-bond donors (Lipinski definition) is 2. The second-order valence-corrected chi connectivity index (χ2v) is 7.33. The van der Waals surface area contributed by atoms with Gasteiger partial charge in [0.2, 0.25) is 5.13 Å². The van der Waals surface area contributed by atoms with E-state index < -0.39 is 6.03 Å². The fraction of sp³-hybridized carbons (Fsp3) is 0.0625. The molecule has 128 valence electrons. The molecule has 9 heteroatoms. The zero-order valence-electron chi connectivity index (χ0n) is 12.6. The van der Waals surface area contributed by atoms with Gasteiger partial charge in [0.15, 0.2) is 0 Å². The number of anilines is 2. The fourth-order valence-electron chi connectivity index (χ4n) is 1.99. The summed E-state index contributed by atoms with van der Waals surface area (Å²) in [4.78, 5) is 12.0. The monoisotopic (exact) mass is 412 g/mol. The Hall–Kier alpha value is -1.86. The number of benzene rings is 2. The van der Waals surface area contributed by atoms with Crippen molar-refractivity contribution in [2.45, 2.75) is 6.42 Å². The van der Waals surface area contributed by atoms with Crippen LogP contribution in [0.3, 0.4) is 0 Å². The molecule has 2 aromatic carbocycles. The van der Waals surface area contributed by atoms with Gasteiger partial charge in [-0.15, -0.1) is 10.2 Å². The number of nitrogens with one attached hydrogen (secondary N) is 2. The summed E-state index contributed by atoms with van der Waals surface area (Å²) >= 11 is 19.0. The molecule has 5 nitrogen and oxygen atoms in total. The number of halogens is 3. The minimum Gasteiger partial charge on any atom is -0.308 e. The second kappa shape index (κ2) is 8.01. The molecule has 0 aliphatic carbocycles. The summed E-state index contributed by atoms with van der Waals surface area (Å²) in [6, 6.07) is 11.8. The minimum atomic E-state index is -0.403. The average Bonchev–Trinajstić information content (AvgIpc) is 3.00. The van der Waals surface area contributed by atoms with Crippen molar-refractivity contribution in [3.63, 3.8) is 0 Å². The molecule has 0 saturated heterocycles. The van der Waals surface area contributed by atoms with Gasteiger partial charge in [-0.25, -0.2) is 4.79 Å². The maximum Gasteiger partial charge on any atom is 0.325 e. The van der Waals surface area contributed by atoms with E-state index in [-0.39, 0.29) is 0 Å². The molecule has 0 fully saturated rings. The molecule has 2 amide bonds. The Morgan fingerprint density at radius 2 is 1.72 bits per heavy atom. The van der Waals surface area contributed by atoms with E-state index in [4.69, 9.17) is 34.8 Å². The van der Waals surface area contributed by atoms with Crippen LogP contribution in [0.4, 0.5) is 15.6 Å². The van der Waals surface area contributed by atoms with Crippen LogP contribution in [0.1, 0.15) is 10.6 Å². The summed E-state index contributed by atoms with van der Waals surface area (Å²) in [6.45, 7) is 0. The molecule has 3 rings (SSSR count). The Labute approximate surface area is 162 Å². The first-order chi connectivity index (χ1) is 12.0. The van der Waals surface area contributed by atoms with Crippen LogP contribution < -0.4 is 10.6 Å². The molecule has 0 aliphatic rings. The lowest BCUT2D eigenvalue weighted by molar-refractivity contribution is 0.262. The van der Waals surface area contributed by atoms with Crippen molar-refractivity contribution in [3.8, 4) is 0 Å². The van der Waals surface area contributed by atoms with Gasteiger partial charge in [-0.1, -0.05) is 52.2 Å². The van der Waals surface area contributed by atoms with Gasteiger partial charge < -0.3 is 5.32 Å². The number of amides is 2. The largest absolute Gasteiger partial charge is 0.325 e. The van der Waals surface area contributed by atoms with Crippen molar-refractivity contribution in [2.75, 3.05) is 10.6 Å². The average molecular weight is 414 g/mol. The van der Waals surface area contributed by atoms with E-state index in [1.807, 2.05) is 6.07 Å². The van der Waals surface area contributed by atoms with Crippen molar-refractivity contribution in [1.82, 2.24) is 10.2 Å². The van der Waals surface area contributed by atoms with Crippen molar-refractivity contribution < 1.29 is 4.79 Å². The van der Waals surface area contributed by atoms with E-state index in [9.17, 15) is 4.79 Å². The standard InChI is InChI=1S/C16H11Cl3N4OS/c17-10-2-4-11(5-3-10)20-15(24)21-16-23-22-14(25-16)8-9-1-6-12(18)13(19)7-9/h1-7H,8H2,(H2,20,21,23,24). The third-order valence-corrected chi connectivity index (χ3v) is 4.96. The van der Waals surface area contributed by atoms with Gasteiger partial charge in [-0.3, -0.25) is 5.32 Å².